The average Bonchev–Trinajstić information content (AvgIpc) is 2.65. The summed E-state index contributed by atoms with van der Waals surface area (Å²) in [4.78, 5) is 13.7. The SMILES string of the molecule is CCC(CC)C(=O)N(C)[C@@H]1CNC[C@H]1O. The van der Waals surface area contributed by atoms with Gasteiger partial charge in [-0.3, -0.25) is 4.79 Å². The van der Waals surface area contributed by atoms with Crippen LogP contribution in [-0.2, 0) is 4.79 Å². The summed E-state index contributed by atoms with van der Waals surface area (Å²) in [5.74, 6) is 0.260. The van der Waals surface area contributed by atoms with Crippen molar-refractivity contribution in [2.75, 3.05) is 20.1 Å². The first kappa shape index (κ1) is 12.5. The van der Waals surface area contributed by atoms with E-state index >= 15 is 0 Å². The Kier molecular flexibility index (Phi) is 4.54. The van der Waals surface area contributed by atoms with Gasteiger partial charge >= 0.3 is 0 Å². The molecule has 2 N–H and O–H groups in total. The van der Waals surface area contributed by atoms with Gasteiger partial charge in [0.2, 0.25) is 5.91 Å². The summed E-state index contributed by atoms with van der Waals surface area (Å²) >= 11 is 0. The fourth-order valence-electron chi connectivity index (χ4n) is 2.14. The fraction of sp³-hybridized carbons (Fsp3) is 0.909. The van der Waals surface area contributed by atoms with Crippen molar-refractivity contribution < 1.29 is 9.90 Å². The standard InChI is InChI=1S/C11H22N2O2/c1-4-8(5-2)11(15)13(3)9-6-12-7-10(9)14/h8-10,12,14H,4-7H2,1-3H3/t9-,10-/m1/s1. The molecule has 88 valence electrons. The van der Waals surface area contributed by atoms with Gasteiger partial charge < -0.3 is 15.3 Å². The second-order valence-corrected chi connectivity index (χ2v) is 4.26. The van der Waals surface area contributed by atoms with Crippen LogP contribution in [0.15, 0.2) is 0 Å². The molecule has 1 amide bonds. The van der Waals surface area contributed by atoms with Crippen molar-refractivity contribution >= 4 is 5.91 Å². The molecule has 4 nitrogen and oxygen atoms in total. The van der Waals surface area contributed by atoms with Crippen LogP contribution in [0.4, 0.5) is 0 Å². The van der Waals surface area contributed by atoms with Crippen LogP contribution in [-0.4, -0.2) is 48.2 Å². The van der Waals surface area contributed by atoms with Gasteiger partial charge in [0.25, 0.3) is 0 Å². The lowest BCUT2D eigenvalue weighted by Crippen LogP contribution is -2.46. The Bertz CT molecular complexity index is 217. The molecule has 4 heteroatoms. The number of carbonyl (C=O) groups is 1. The Balaban J connectivity index is 2.58. The lowest BCUT2D eigenvalue weighted by Gasteiger charge is -2.29. The number of aliphatic hydroxyl groups is 1. The first-order chi connectivity index (χ1) is 7.11. The summed E-state index contributed by atoms with van der Waals surface area (Å²) in [7, 11) is 1.79. The third-order valence-electron chi connectivity index (χ3n) is 3.33. The molecule has 0 bridgehead atoms. The number of hydrogen-bond donors (Lipinski definition) is 2. The summed E-state index contributed by atoms with van der Waals surface area (Å²) in [6.45, 7) is 5.35. The van der Waals surface area contributed by atoms with Crippen LogP contribution in [0.3, 0.4) is 0 Å². The largest absolute Gasteiger partial charge is 0.390 e. The van der Waals surface area contributed by atoms with Gasteiger partial charge in [-0.25, -0.2) is 0 Å². The van der Waals surface area contributed by atoms with Crippen molar-refractivity contribution in [3.05, 3.63) is 0 Å². The molecular weight excluding hydrogens is 192 g/mol. The molecule has 0 aromatic carbocycles. The highest BCUT2D eigenvalue weighted by Gasteiger charge is 2.32. The quantitative estimate of drug-likeness (QED) is 0.703. The van der Waals surface area contributed by atoms with Crippen LogP contribution in [0.2, 0.25) is 0 Å². The molecule has 0 radical (unpaired) electrons. The lowest BCUT2D eigenvalue weighted by molar-refractivity contribution is -0.137. The van der Waals surface area contributed by atoms with Gasteiger partial charge in [-0.1, -0.05) is 13.8 Å². The van der Waals surface area contributed by atoms with Crippen molar-refractivity contribution in [2.45, 2.75) is 38.8 Å². The number of amides is 1. The number of rotatable bonds is 4. The van der Waals surface area contributed by atoms with Crippen LogP contribution in [0, 0.1) is 5.92 Å². The highest BCUT2D eigenvalue weighted by atomic mass is 16.3. The van der Waals surface area contributed by atoms with Gasteiger partial charge in [0, 0.05) is 26.1 Å². The Morgan fingerprint density at radius 3 is 2.47 bits per heavy atom. The zero-order chi connectivity index (χ0) is 11.4. The molecular formula is C11H22N2O2. The number of likely N-dealkylation sites (N-methyl/N-ethyl adjacent to an activating group) is 1. The summed E-state index contributed by atoms with van der Waals surface area (Å²) in [5, 5.41) is 12.8. The van der Waals surface area contributed by atoms with Gasteiger partial charge in [0.05, 0.1) is 12.1 Å². The van der Waals surface area contributed by atoms with E-state index in [1.807, 2.05) is 13.8 Å². The molecule has 1 heterocycles. The van der Waals surface area contributed by atoms with E-state index in [-0.39, 0.29) is 17.9 Å². The highest BCUT2D eigenvalue weighted by Crippen LogP contribution is 2.15. The third-order valence-corrected chi connectivity index (χ3v) is 3.33. The molecule has 0 aromatic heterocycles. The number of carbonyl (C=O) groups excluding carboxylic acids is 1. The van der Waals surface area contributed by atoms with E-state index in [0.717, 1.165) is 12.8 Å². The minimum atomic E-state index is -0.423. The Morgan fingerprint density at radius 2 is 2.07 bits per heavy atom. The van der Waals surface area contributed by atoms with Crippen LogP contribution >= 0.6 is 0 Å². The summed E-state index contributed by atoms with van der Waals surface area (Å²) < 4.78 is 0. The van der Waals surface area contributed by atoms with Gasteiger partial charge in [-0.05, 0) is 12.8 Å². The van der Waals surface area contributed by atoms with Crippen molar-refractivity contribution in [2.24, 2.45) is 5.92 Å². The molecule has 1 aliphatic rings. The van der Waals surface area contributed by atoms with Crippen molar-refractivity contribution in [1.29, 1.82) is 0 Å². The van der Waals surface area contributed by atoms with E-state index < -0.39 is 6.10 Å². The molecule has 1 saturated heterocycles. The van der Waals surface area contributed by atoms with E-state index in [0.29, 0.717) is 13.1 Å². The summed E-state index contributed by atoms with van der Waals surface area (Å²) in [6, 6.07) is -0.0573. The first-order valence-electron chi connectivity index (χ1n) is 5.77. The number of hydrogen-bond acceptors (Lipinski definition) is 3. The lowest BCUT2D eigenvalue weighted by atomic mass is 10.0. The highest BCUT2D eigenvalue weighted by molar-refractivity contribution is 5.78. The van der Waals surface area contributed by atoms with Crippen LogP contribution in [0.25, 0.3) is 0 Å². The molecule has 0 aliphatic carbocycles. The van der Waals surface area contributed by atoms with Gasteiger partial charge in [-0.15, -0.1) is 0 Å². The molecule has 0 unspecified atom stereocenters. The molecule has 1 rings (SSSR count). The first-order valence-corrected chi connectivity index (χ1v) is 5.77. The Hall–Kier alpha value is -0.610. The van der Waals surface area contributed by atoms with Crippen LogP contribution < -0.4 is 5.32 Å². The number of nitrogens with zero attached hydrogens (tertiary/aromatic N) is 1. The second-order valence-electron chi connectivity index (χ2n) is 4.26. The predicted molar refractivity (Wildman–Crippen MR) is 59.5 cm³/mol. The molecule has 2 atom stereocenters. The Labute approximate surface area is 91.6 Å². The number of aliphatic hydroxyl groups excluding tert-OH is 1. The maximum Gasteiger partial charge on any atom is 0.225 e. The van der Waals surface area contributed by atoms with E-state index in [1.165, 1.54) is 0 Å². The number of β-amino-alcohol motifs (C(OH)–C–C–N with tert-alkyl or cyclic N) is 1. The summed E-state index contributed by atoms with van der Waals surface area (Å²) in [5.41, 5.74) is 0. The van der Waals surface area contributed by atoms with Gasteiger partial charge in [0.1, 0.15) is 0 Å². The molecule has 1 aliphatic heterocycles. The van der Waals surface area contributed by atoms with Crippen molar-refractivity contribution in [1.82, 2.24) is 10.2 Å². The Morgan fingerprint density at radius 1 is 1.47 bits per heavy atom. The predicted octanol–water partition coefficient (Wildman–Crippen LogP) is 0.214. The van der Waals surface area contributed by atoms with E-state index in [9.17, 15) is 9.90 Å². The zero-order valence-electron chi connectivity index (χ0n) is 9.86. The minimum Gasteiger partial charge on any atom is -0.390 e. The summed E-state index contributed by atoms with van der Waals surface area (Å²) in [6.07, 6.45) is 1.32. The molecule has 0 aromatic rings. The third kappa shape index (κ3) is 2.69. The van der Waals surface area contributed by atoms with Gasteiger partial charge in [-0.2, -0.15) is 0 Å². The van der Waals surface area contributed by atoms with E-state index in [4.69, 9.17) is 0 Å². The smallest absolute Gasteiger partial charge is 0.225 e. The van der Waals surface area contributed by atoms with Gasteiger partial charge in [0.15, 0.2) is 0 Å². The maximum atomic E-state index is 12.0. The molecule has 0 spiro atoms. The van der Waals surface area contributed by atoms with E-state index in [2.05, 4.69) is 5.32 Å². The maximum absolute atomic E-state index is 12.0. The molecule has 1 fully saturated rings. The monoisotopic (exact) mass is 214 g/mol. The average molecular weight is 214 g/mol. The van der Waals surface area contributed by atoms with E-state index in [1.54, 1.807) is 11.9 Å². The minimum absolute atomic E-state index is 0.0573. The topological polar surface area (TPSA) is 52.6 Å². The zero-order valence-corrected chi connectivity index (χ0v) is 9.86. The molecule has 15 heavy (non-hydrogen) atoms. The molecule has 0 saturated carbocycles. The van der Waals surface area contributed by atoms with Crippen molar-refractivity contribution in [3.63, 3.8) is 0 Å². The second kappa shape index (κ2) is 5.47. The van der Waals surface area contributed by atoms with Crippen molar-refractivity contribution in [3.8, 4) is 0 Å². The van der Waals surface area contributed by atoms with Crippen LogP contribution in [0.1, 0.15) is 26.7 Å². The normalized spacial score (nSPS) is 25.9. The fourth-order valence-corrected chi connectivity index (χ4v) is 2.14. The number of nitrogens with one attached hydrogen (secondary N) is 1. The van der Waals surface area contributed by atoms with Crippen LogP contribution in [0.5, 0.6) is 0 Å².